The first kappa shape index (κ1) is 14.2. The fraction of sp³-hybridized carbons (Fsp3) is 0.462. The normalized spacial score (nSPS) is 15.3. The van der Waals surface area contributed by atoms with Crippen LogP contribution in [0.25, 0.3) is 0 Å². The lowest BCUT2D eigenvalue weighted by Gasteiger charge is -2.14. The molecule has 18 heavy (non-hydrogen) atoms. The molecule has 0 atom stereocenters. The molecule has 1 rings (SSSR count). The van der Waals surface area contributed by atoms with Crippen molar-refractivity contribution in [3.05, 3.63) is 23.8 Å². The number of nitrogens with zero attached hydrogens (tertiary/aromatic N) is 1. The van der Waals surface area contributed by atoms with Crippen molar-refractivity contribution in [2.75, 3.05) is 13.2 Å². The van der Waals surface area contributed by atoms with Crippen molar-refractivity contribution in [3.8, 4) is 0 Å². The lowest BCUT2D eigenvalue weighted by Crippen LogP contribution is -2.32. The van der Waals surface area contributed by atoms with E-state index in [0.29, 0.717) is 30.5 Å². The summed E-state index contributed by atoms with van der Waals surface area (Å²) in [5, 5.41) is 0. The first-order valence-electron chi connectivity index (χ1n) is 5.82. The van der Waals surface area contributed by atoms with E-state index >= 15 is 0 Å². The van der Waals surface area contributed by atoms with E-state index in [1.54, 1.807) is 13.8 Å². The van der Waals surface area contributed by atoms with Gasteiger partial charge >= 0.3 is 5.97 Å². The van der Waals surface area contributed by atoms with E-state index in [1.807, 2.05) is 0 Å². The predicted octanol–water partition coefficient (Wildman–Crippen LogP) is 1.20. The van der Waals surface area contributed by atoms with E-state index < -0.39 is 5.97 Å². The Morgan fingerprint density at radius 2 is 1.78 bits per heavy atom. The molecule has 0 fully saturated rings. The number of rotatable bonds is 6. The third-order valence-electron chi connectivity index (χ3n) is 2.88. The van der Waals surface area contributed by atoms with Gasteiger partial charge < -0.3 is 4.74 Å². The van der Waals surface area contributed by atoms with Gasteiger partial charge in [-0.15, -0.1) is 0 Å². The highest BCUT2D eigenvalue weighted by Gasteiger charge is 2.32. The minimum atomic E-state index is -0.461. The second-order valence-corrected chi connectivity index (χ2v) is 4.09. The van der Waals surface area contributed by atoms with Crippen molar-refractivity contribution >= 4 is 17.8 Å². The molecule has 0 aromatic carbocycles. The molecule has 0 N–H and O–H groups in total. The Balaban J connectivity index is 2.30. The average Bonchev–Trinajstić information content (AvgIpc) is 2.55. The summed E-state index contributed by atoms with van der Waals surface area (Å²) in [6.45, 7) is 7.22. The Kier molecular flexibility index (Phi) is 4.83. The number of hydrogen-bond acceptors (Lipinski definition) is 4. The minimum Gasteiger partial charge on any atom is -0.463 e. The maximum absolute atomic E-state index is 11.7. The summed E-state index contributed by atoms with van der Waals surface area (Å²) in [6.07, 6.45) is 2.32. The van der Waals surface area contributed by atoms with Crippen LogP contribution in [0.2, 0.25) is 0 Å². The standard InChI is InChI=1S/C13H17NO4/c1-4-11(15)18-8-6-5-7-14-12(16)9(2)10(3)13(14)17/h4H,1,5-8H2,2-3H3. The van der Waals surface area contributed by atoms with Gasteiger partial charge in [0.1, 0.15) is 0 Å². The molecule has 0 aliphatic carbocycles. The van der Waals surface area contributed by atoms with Gasteiger partial charge in [-0.05, 0) is 26.7 Å². The van der Waals surface area contributed by atoms with Crippen molar-refractivity contribution < 1.29 is 19.1 Å². The van der Waals surface area contributed by atoms with Crippen molar-refractivity contribution in [1.82, 2.24) is 4.90 Å². The molecule has 0 unspecified atom stereocenters. The average molecular weight is 251 g/mol. The third-order valence-corrected chi connectivity index (χ3v) is 2.88. The number of imide groups is 1. The van der Waals surface area contributed by atoms with Gasteiger partial charge in [0.25, 0.3) is 11.8 Å². The molecule has 0 saturated heterocycles. The van der Waals surface area contributed by atoms with Crippen LogP contribution in [-0.2, 0) is 19.1 Å². The monoisotopic (exact) mass is 251 g/mol. The van der Waals surface area contributed by atoms with E-state index in [9.17, 15) is 14.4 Å². The molecule has 0 aromatic rings. The summed E-state index contributed by atoms with van der Waals surface area (Å²) < 4.78 is 4.80. The van der Waals surface area contributed by atoms with Crippen LogP contribution in [0.4, 0.5) is 0 Å². The number of carbonyl (C=O) groups excluding carboxylic acids is 3. The molecule has 5 heteroatoms. The first-order valence-corrected chi connectivity index (χ1v) is 5.82. The van der Waals surface area contributed by atoms with Crippen molar-refractivity contribution in [3.63, 3.8) is 0 Å². The summed E-state index contributed by atoms with van der Waals surface area (Å²) in [7, 11) is 0. The number of carbonyl (C=O) groups is 3. The Morgan fingerprint density at radius 3 is 2.28 bits per heavy atom. The second-order valence-electron chi connectivity index (χ2n) is 4.09. The highest BCUT2D eigenvalue weighted by molar-refractivity contribution is 6.18. The van der Waals surface area contributed by atoms with Crippen LogP contribution in [0.5, 0.6) is 0 Å². The largest absolute Gasteiger partial charge is 0.463 e. The molecule has 1 aliphatic heterocycles. The fourth-order valence-electron chi connectivity index (χ4n) is 1.62. The third kappa shape index (κ3) is 3.06. The van der Waals surface area contributed by atoms with Crippen LogP contribution in [0.1, 0.15) is 26.7 Å². The lowest BCUT2D eigenvalue weighted by atomic mass is 10.2. The van der Waals surface area contributed by atoms with E-state index in [1.165, 1.54) is 4.90 Å². The Labute approximate surface area is 106 Å². The van der Waals surface area contributed by atoms with Crippen LogP contribution in [0.3, 0.4) is 0 Å². The van der Waals surface area contributed by atoms with Crippen LogP contribution < -0.4 is 0 Å². The fourth-order valence-corrected chi connectivity index (χ4v) is 1.62. The number of unbranched alkanes of at least 4 members (excludes halogenated alkanes) is 1. The van der Waals surface area contributed by atoms with E-state index in [2.05, 4.69) is 6.58 Å². The van der Waals surface area contributed by atoms with Gasteiger partial charge in [0, 0.05) is 23.8 Å². The van der Waals surface area contributed by atoms with Gasteiger partial charge in [-0.2, -0.15) is 0 Å². The van der Waals surface area contributed by atoms with Crippen LogP contribution in [0.15, 0.2) is 23.8 Å². The Bertz CT molecular complexity index is 399. The molecule has 0 bridgehead atoms. The molecule has 0 radical (unpaired) electrons. The quantitative estimate of drug-likeness (QED) is 0.308. The molecule has 98 valence electrons. The molecule has 2 amide bonds. The number of esters is 1. The molecule has 1 heterocycles. The highest BCUT2D eigenvalue weighted by Crippen LogP contribution is 2.19. The van der Waals surface area contributed by atoms with Gasteiger partial charge in [-0.25, -0.2) is 4.79 Å². The molecule has 0 saturated carbocycles. The van der Waals surface area contributed by atoms with E-state index in [-0.39, 0.29) is 18.4 Å². The molecule has 1 aliphatic rings. The maximum Gasteiger partial charge on any atom is 0.330 e. The van der Waals surface area contributed by atoms with Gasteiger partial charge in [0.2, 0.25) is 0 Å². The zero-order valence-corrected chi connectivity index (χ0v) is 10.7. The zero-order valence-electron chi connectivity index (χ0n) is 10.7. The smallest absolute Gasteiger partial charge is 0.330 e. The number of amides is 2. The van der Waals surface area contributed by atoms with Gasteiger partial charge in [0.05, 0.1) is 6.61 Å². The van der Waals surface area contributed by atoms with Gasteiger partial charge in [-0.3, -0.25) is 14.5 Å². The minimum absolute atomic E-state index is 0.222. The second kappa shape index (κ2) is 6.14. The van der Waals surface area contributed by atoms with Gasteiger partial charge in [-0.1, -0.05) is 6.58 Å². The van der Waals surface area contributed by atoms with E-state index in [4.69, 9.17) is 4.74 Å². The lowest BCUT2D eigenvalue weighted by molar-refractivity contribution is -0.140. The van der Waals surface area contributed by atoms with Gasteiger partial charge in [0.15, 0.2) is 0 Å². The SMILES string of the molecule is C=CC(=O)OCCCCN1C(=O)C(C)=C(C)C1=O. The Morgan fingerprint density at radius 1 is 1.22 bits per heavy atom. The molecular weight excluding hydrogens is 234 g/mol. The number of hydrogen-bond donors (Lipinski definition) is 0. The highest BCUT2D eigenvalue weighted by atomic mass is 16.5. The van der Waals surface area contributed by atoms with Crippen molar-refractivity contribution in [1.29, 1.82) is 0 Å². The summed E-state index contributed by atoms with van der Waals surface area (Å²) in [4.78, 5) is 35.4. The molecular formula is C13H17NO4. The maximum atomic E-state index is 11.7. The van der Waals surface area contributed by atoms with Crippen molar-refractivity contribution in [2.24, 2.45) is 0 Å². The molecule has 5 nitrogen and oxygen atoms in total. The van der Waals surface area contributed by atoms with Crippen LogP contribution in [-0.4, -0.2) is 35.8 Å². The summed E-state index contributed by atoms with van der Waals surface area (Å²) in [5.41, 5.74) is 1.02. The molecule has 0 aromatic heterocycles. The summed E-state index contributed by atoms with van der Waals surface area (Å²) >= 11 is 0. The molecule has 0 spiro atoms. The Hall–Kier alpha value is -1.91. The zero-order chi connectivity index (χ0) is 13.7. The number of ether oxygens (including phenoxy) is 1. The van der Waals surface area contributed by atoms with Crippen LogP contribution in [0, 0.1) is 0 Å². The first-order chi connectivity index (χ1) is 8.49. The topological polar surface area (TPSA) is 63.7 Å². The van der Waals surface area contributed by atoms with Crippen molar-refractivity contribution in [2.45, 2.75) is 26.7 Å². The summed E-state index contributed by atoms with van der Waals surface area (Å²) in [5.74, 6) is -0.905. The summed E-state index contributed by atoms with van der Waals surface area (Å²) in [6, 6.07) is 0. The van der Waals surface area contributed by atoms with Crippen LogP contribution >= 0.6 is 0 Å². The predicted molar refractivity (Wildman–Crippen MR) is 65.5 cm³/mol. The van der Waals surface area contributed by atoms with E-state index in [0.717, 1.165) is 6.08 Å².